The van der Waals surface area contributed by atoms with Crippen LogP contribution in [0, 0.1) is 11.7 Å². The zero-order chi connectivity index (χ0) is 31.4. The molecule has 238 valence electrons. The van der Waals surface area contributed by atoms with Crippen molar-refractivity contribution in [1.29, 1.82) is 0 Å². The number of urea groups is 1. The summed E-state index contributed by atoms with van der Waals surface area (Å²) in [4.78, 5) is 30.9. The van der Waals surface area contributed by atoms with Gasteiger partial charge in [-0.1, -0.05) is 11.2 Å². The van der Waals surface area contributed by atoms with Crippen molar-refractivity contribution in [2.24, 2.45) is 5.92 Å². The molecule has 2 aliphatic carbocycles. The summed E-state index contributed by atoms with van der Waals surface area (Å²) in [5, 5.41) is 12.1. The first-order valence-electron chi connectivity index (χ1n) is 14.1. The number of amides is 3. The standard InChI is InChI=1S/C27H28F6N6O5/c1-42-11-15(39-10-17(27(31,32)33)34-25(39)41)14-4-5-16-21(18(14)28)36-24(43-16)20(13-6-8-26(29,30)9-7-13)35-23(40)22-19(12-2-3-12)37-44-38-22/h4-5,12-13,15,17,20H,2-3,6-11H2,1H3,(H,34,41)(H,35,40)/t15-,17-,20-/m0/s1. The van der Waals surface area contributed by atoms with E-state index in [0.717, 1.165) is 17.7 Å². The Morgan fingerprint density at radius 1 is 1.20 bits per heavy atom. The number of benzene rings is 1. The van der Waals surface area contributed by atoms with Crippen molar-refractivity contribution in [3.8, 4) is 0 Å². The van der Waals surface area contributed by atoms with E-state index in [1.54, 1.807) is 0 Å². The Labute approximate surface area is 245 Å². The van der Waals surface area contributed by atoms with Crippen LogP contribution >= 0.6 is 0 Å². The van der Waals surface area contributed by atoms with E-state index in [2.05, 4.69) is 20.6 Å². The van der Waals surface area contributed by atoms with Gasteiger partial charge in [0.1, 0.15) is 23.3 Å². The number of fused-ring (bicyclic) bond motifs is 1. The molecular formula is C27H28F6N6O5. The van der Waals surface area contributed by atoms with Gasteiger partial charge in [-0.25, -0.2) is 27.6 Å². The van der Waals surface area contributed by atoms with Gasteiger partial charge >= 0.3 is 12.2 Å². The topological polar surface area (TPSA) is 136 Å². The Morgan fingerprint density at radius 3 is 2.57 bits per heavy atom. The average Bonchev–Trinajstić information content (AvgIpc) is 3.34. The second kappa shape index (κ2) is 11.2. The van der Waals surface area contributed by atoms with E-state index in [1.165, 1.54) is 19.2 Å². The number of rotatable bonds is 9. The van der Waals surface area contributed by atoms with Gasteiger partial charge in [0.05, 0.1) is 19.2 Å². The van der Waals surface area contributed by atoms with Crippen molar-refractivity contribution in [2.45, 2.75) is 74.7 Å². The fourth-order valence-corrected chi connectivity index (χ4v) is 5.87. The minimum Gasteiger partial charge on any atom is -0.438 e. The first kappa shape index (κ1) is 30.1. The predicted octanol–water partition coefficient (Wildman–Crippen LogP) is 5.17. The summed E-state index contributed by atoms with van der Waals surface area (Å²) in [6, 6.07) is -2.89. The number of hydrogen-bond acceptors (Lipinski definition) is 8. The number of alkyl halides is 5. The molecule has 2 aromatic heterocycles. The fraction of sp³-hybridized carbons (Fsp3) is 0.593. The monoisotopic (exact) mass is 630 g/mol. The number of carbonyl (C=O) groups is 2. The summed E-state index contributed by atoms with van der Waals surface area (Å²) < 4.78 is 99.7. The maximum atomic E-state index is 16.0. The Hall–Kier alpha value is -3.89. The highest BCUT2D eigenvalue weighted by molar-refractivity contribution is 5.93. The summed E-state index contributed by atoms with van der Waals surface area (Å²) in [6.45, 7) is -1.09. The highest BCUT2D eigenvalue weighted by Gasteiger charge is 2.49. The molecule has 1 aromatic carbocycles. The van der Waals surface area contributed by atoms with Crippen molar-refractivity contribution in [2.75, 3.05) is 20.3 Å². The van der Waals surface area contributed by atoms with Gasteiger partial charge in [-0.15, -0.1) is 0 Å². The Kier molecular flexibility index (Phi) is 7.70. The number of nitrogens with one attached hydrogen (secondary N) is 2. The second-order valence-corrected chi connectivity index (χ2v) is 11.5. The summed E-state index contributed by atoms with van der Waals surface area (Å²) in [5.41, 5.74) is -0.205. The highest BCUT2D eigenvalue weighted by atomic mass is 19.4. The van der Waals surface area contributed by atoms with Crippen LogP contribution in [0.5, 0.6) is 0 Å². The molecule has 17 heteroatoms. The van der Waals surface area contributed by atoms with Crippen LogP contribution in [0.4, 0.5) is 31.1 Å². The number of methoxy groups -OCH3 is 1. The molecule has 3 amide bonds. The first-order chi connectivity index (χ1) is 20.9. The molecule has 0 unspecified atom stereocenters. The summed E-state index contributed by atoms with van der Waals surface area (Å²) >= 11 is 0. The predicted molar refractivity (Wildman–Crippen MR) is 137 cm³/mol. The molecule has 6 rings (SSSR count). The molecule has 3 aromatic rings. The number of oxazole rings is 1. The normalized spacial score (nSPS) is 22.3. The average molecular weight is 631 g/mol. The number of ether oxygens (including phenoxy) is 1. The molecule has 0 radical (unpaired) electrons. The molecule has 3 atom stereocenters. The molecule has 1 saturated heterocycles. The van der Waals surface area contributed by atoms with Gasteiger partial charge in [-0.05, 0) is 42.8 Å². The Morgan fingerprint density at radius 2 is 1.93 bits per heavy atom. The summed E-state index contributed by atoms with van der Waals surface area (Å²) in [5.74, 6) is -5.20. The van der Waals surface area contributed by atoms with E-state index in [-0.39, 0.29) is 53.6 Å². The van der Waals surface area contributed by atoms with Crippen LogP contribution < -0.4 is 10.6 Å². The minimum absolute atomic E-state index is 0.0112. The van der Waals surface area contributed by atoms with E-state index in [4.69, 9.17) is 13.8 Å². The van der Waals surface area contributed by atoms with Crippen molar-refractivity contribution < 1.29 is 49.7 Å². The molecule has 2 N–H and O–H groups in total. The van der Waals surface area contributed by atoms with Crippen LogP contribution in [0.3, 0.4) is 0 Å². The lowest BCUT2D eigenvalue weighted by Crippen LogP contribution is -2.40. The molecular weight excluding hydrogens is 602 g/mol. The summed E-state index contributed by atoms with van der Waals surface area (Å²) in [7, 11) is 1.26. The molecule has 3 heterocycles. The van der Waals surface area contributed by atoms with E-state index >= 15 is 4.39 Å². The third-order valence-electron chi connectivity index (χ3n) is 8.42. The lowest BCUT2D eigenvalue weighted by atomic mass is 9.82. The van der Waals surface area contributed by atoms with E-state index in [1.807, 2.05) is 5.32 Å². The molecule has 11 nitrogen and oxygen atoms in total. The third-order valence-corrected chi connectivity index (χ3v) is 8.42. The number of nitrogens with zero attached hydrogens (tertiary/aromatic N) is 4. The molecule has 2 saturated carbocycles. The van der Waals surface area contributed by atoms with Gasteiger partial charge in [0.25, 0.3) is 5.91 Å². The van der Waals surface area contributed by atoms with Crippen LogP contribution in [0.1, 0.15) is 84.2 Å². The molecule has 0 bridgehead atoms. The van der Waals surface area contributed by atoms with Crippen molar-refractivity contribution >= 4 is 23.0 Å². The third kappa shape index (κ3) is 5.80. The Balaban J connectivity index is 1.33. The van der Waals surface area contributed by atoms with Crippen LogP contribution in [-0.2, 0) is 4.74 Å². The zero-order valence-corrected chi connectivity index (χ0v) is 23.3. The van der Waals surface area contributed by atoms with Crippen LogP contribution in [-0.4, -0.2) is 70.5 Å². The van der Waals surface area contributed by atoms with Crippen molar-refractivity contribution in [1.82, 2.24) is 30.8 Å². The van der Waals surface area contributed by atoms with Gasteiger partial charge in [0.2, 0.25) is 11.8 Å². The molecule has 3 aliphatic rings. The Bertz CT molecular complexity index is 1550. The van der Waals surface area contributed by atoms with Gasteiger partial charge < -0.3 is 24.7 Å². The van der Waals surface area contributed by atoms with E-state index in [0.29, 0.717) is 5.69 Å². The number of carbonyl (C=O) groups excluding carboxylic acids is 2. The van der Waals surface area contributed by atoms with E-state index < -0.39 is 73.3 Å². The first-order valence-corrected chi connectivity index (χ1v) is 14.1. The fourth-order valence-electron chi connectivity index (χ4n) is 5.87. The quantitative estimate of drug-likeness (QED) is 0.310. The molecule has 0 spiro atoms. The molecule has 3 fully saturated rings. The number of aromatic nitrogens is 3. The maximum absolute atomic E-state index is 16.0. The number of hydrogen-bond donors (Lipinski definition) is 2. The van der Waals surface area contributed by atoms with Crippen LogP contribution in [0.15, 0.2) is 21.2 Å². The number of halogens is 6. The van der Waals surface area contributed by atoms with Crippen LogP contribution in [0.2, 0.25) is 0 Å². The summed E-state index contributed by atoms with van der Waals surface area (Å²) in [6.07, 6.45) is -3.94. The minimum atomic E-state index is -4.71. The highest BCUT2D eigenvalue weighted by Crippen LogP contribution is 2.43. The second-order valence-electron chi connectivity index (χ2n) is 11.5. The zero-order valence-electron chi connectivity index (χ0n) is 23.3. The van der Waals surface area contributed by atoms with E-state index in [9.17, 15) is 31.5 Å². The largest absolute Gasteiger partial charge is 0.438 e. The maximum Gasteiger partial charge on any atom is 0.410 e. The smallest absolute Gasteiger partial charge is 0.410 e. The molecule has 1 aliphatic heterocycles. The molecule has 44 heavy (non-hydrogen) atoms. The lowest BCUT2D eigenvalue weighted by molar-refractivity contribution is -0.150. The van der Waals surface area contributed by atoms with Crippen molar-refractivity contribution in [3.63, 3.8) is 0 Å². The van der Waals surface area contributed by atoms with Gasteiger partial charge in [-0.3, -0.25) is 4.79 Å². The van der Waals surface area contributed by atoms with Gasteiger partial charge in [0, 0.05) is 31.4 Å². The van der Waals surface area contributed by atoms with Crippen LogP contribution in [0.25, 0.3) is 11.1 Å². The SMILES string of the molecule is COC[C@@H](c1ccc2oc([C@@H](NC(=O)c3nonc3C3CC3)C3CCC(F)(F)CC3)nc2c1F)N1C[C@@H](C(F)(F)F)NC1=O. The van der Waals surface area contributed by atoms with Gasteiger partial charge in [0.15, 0.2) is 17.1 Å². The van der Waals surface area contributed by atoms with Gasteiger partial charge in [-0.2, -0.15) is 13.2 Å². The van der Waals surface area contributed by atoms with Crippen molar-refractivity contribution in [3.05, 3.63) is 40.8 Å². The lowest BCUT2D eigenvalue weighted by Gasteiger charge is -2.32.